The third kappa shape index (κ3) is 6.06. The number of hydrogen-bond donors (Lipinski definition) is 1. The van der Waals surface area contributed by atoms with Crippen LogP contribution in [0.15, 0.2) is 35.7 Å². The minimum atomic E-state index is -0.493. The van der Waals surface area contributed by atoms with E-state index in [0.717, 1.165) is 10.6 Å². The van der Waals surface area contributed by atoms with E-state index in [1.54, 1.807) is 13.8 Å². The van der Waals surface area contributed by atoms with Crippen molar-refractivity contribution in [3.8, 4) is 0 Å². The molecule has 27 heavy (non-hydrogen) atoms. The van der Waals surface area contributed by atoms with Gasteiger partial charge in [-0.2, -0.15) is 0 Å². The first-order valence-electron chi connectivity index (χ1n) is 9.01. The Bertz CT molecular complexity index is 745. The smallest absolute Gasteiger partial charge is 0.408 e. The molecule has 0 saturated carbocycles. The molecule has 2 rings (SSSR count). The van der Waals surface area contributed by atoms with Gasteiger partial charge in [0.15, 0.2) is 0 Å². The molecule has 1 amide bonds. The Morgan fingerprint density at radius 3 is 2.48 bits per heavy atom. The summed E-state index contributed by atoms with van der Waals surface area (Å²) in [5.74, 6) is -0.621. The van der Waals surface area contributed by atoms with E-state index in [4.69, 9.17) is 9.47 Å². The zero-order chi connectivity index (χ0) is 19.8. The summed E-state index contributed by atoms with van der Waals surface area (Å²) in [6, 6.07) is 9.22. The van der Waals surface area contributed by atoms with E-state index in [-0.39, 0.29) is 24.5 Å². The average molecular weight is 391 g/mol. The molecule has 1 unspecified atom stereocenters. The molecule has 0 aliphatic heterocycles. The maximum absolute atomic E-state index is 12.2. The Kier molecular flexibility index (Phi) is 7.79. The summed E-state index contributed by atoms with van der Waals surface area (Å²) in [5, 5.41) is 5.46. The van der Waals surface area contributed by atoms with Gasteiger partial charge in [-0.3, -0.25) is 4.79 Å². The van der Waals surface area contributed by atoms with Gasteiger partial charge in [-0.05, 0) is 25.3 Å². The molecule has 0 aliphatic carbocycles. The van der Waals surface area contributed by atoms with Gasteiger partial charge >= 0.3 is 12.1 Å². The number of thiazole rings is 1. The molecule has 6 nitrogen and oxygen atoms in total. The van der Waals surface area contributed by atoms with Gasteiger partial charge in [0, 0.05) is 5.38 Å². The van der Waals surface area contributed by atoms with Crippen LogP contribution < -0.4 is 5.32 Å². The normalized spacial score (nSPS) is 13.1. The largest absolute Gasteiger partial charge is 0.465 e. The minimum absolute atomic E-state index is 0.117. The minimum Gasteiger partial charge on any atom is -0.465 e. The van der Waals surface area contributed by atoms with Gasteiger partial charge < -0.3 is 14.8 Å². The summed E-state index contributed by atoms with van der Waals surface area (Å²) in [7, 11) is 0. The molecular weight excluding hydrogens is 364 g/mol. The second-order valence-electron chi connectivity index (χ2n) is 6.51. The Morgan fingerprint density at radius 1 is 1.15 bits per heavy atom. The lowest BCUT2D eigenvalue weighted by molar-refractivity contribution is -0.144. The molecule has 2 atom stereocenters. The summed E-state index contributed by atoms with van der Waals surface area (Å²) < 4.78 is 10.4. The highest BCUT2D eigenvalue weighted by atomic mass is 32.1. The van der Waals surface area contributed by atoms with Crippen LogP contribution in [0.3, 0.4) is 0 Å². The van der Waals surface area contributed by atoms with Crippen molar-refractivity contribution < 1.29 is 19.1 Å². The van der Waals surface area contributed by atoms with Gasteiger partial charge in [-0.15, -0.1) is 11.3 Å². The molecule has 0 bridgehead atoms. The van der Waals surface area contributed by atoms with Crippen molar-refractivity contribution in [2.45, 2.75) is 46.3 Å². The maximum Gasteiger partial charge on any atom is 0.408 e. The first-order chi connectivity index (χ1) is 12.9. The number of ether oxygens (including phenoxy) is 2. The van der Waals surface area contributed by atoms with Crippen LogP contribution in [-0.4, -0.2) is 23.7 Å². The van der Waals surface area contributed by atoms with Gasteiger partial charge in [0.25, 0.3) is 0 Å². The number of amides is 1. The lowest BCUT2D eigenvalue weighted by Gasteiger charge is -2.20. The van der Waals surface area contributed by atoms with Crippen LogP contribution >= 0.6 is 11.3 Å². The fraction of sp³-hybridized carbons (Fsp3) is 0.450. The lowest BCUT2D eigenvalue weighted by atomic mass is 10.1. The van der Waals surface area contributed by atoms with Crippen molar-refractivity contribution in [1.29, 1.82) is 0 Å². The molecule has 0 saturated heterocycles. The Morgan fingerprint density at radius 2 is 1.85 bits per heavy atom. The van der Waals surface area contributed by atoms with Crippen LogP contribution in [0.4, 0.5) is 4.79 Å². The molecule has 1 N–H and O–H groups in total. The van der Waals surface area contributed by atoms with E-state index in [1.165, 1.54) is 11.3 Å². The Hall–Kier alpha value is -2.41. The highest BCUT2D eigenvalue weighted by molar-refractivity contribution is 7.09. The number of carbonyl (C=O) groups is 2. The molecule has 0 fully saturated rings. The van der Waals surface area contributed by atoms with Gasteiger partial charge in [0.1, 0.15) is 11.6 Å². The van der Waals surface area contributed by atoms with Crippen molar-refractivity contribution in [3.05, 3.63) is 52.0 Å². The molecule has 2 aromatic rings. The molecule has 1 aromatic carbocycles. The van der Waals surface area contributed by atoms with Crippen molar-refractivity contribution in [1.82, 2.24) is 10.3 Å². The quantitative estimate of drug-likeness (QED) is 0.675. The zero-order valence-electron chi connectivity index (χ0n) is 16.1. The fourth-order valence-corrected chi connectivity index (χ4v) is 3.57. The number of aromatic nitrogens is 1. The number of rotatable bonds is 8. The molecule has 0 radical (unpaired) electrons. The van der Waals surface area contributed by atoms with E-state index in [9.17, 15) is 9.59 Å². The van der Waals surface area contributed by atoms with Crippen LogP contribution in [0.25, 0.3) is 0 Å². The van der Waals surface area contributed by atoms with E-state index in [0.29, 0.717) is 12.3 Å². The Balaban J connectivity index is 2.00. The van der Waals surface area contributed by atoms with Crippen LogP contribution in [0.5, 0.6) is 0 Å². The third-order valence-electron chi connectivity index (χ3n) is 4.04. The van der Waals surface area contributed by atoms with Gasteiger partial charge in [-0.1, -0.05) is 44.2 Å². The summed E-state index contributed by atoms with van der Waals surface area (Å²) in [5.41, 5.74) is 1.58. The number of carbonyl (C=O) groups excluding carboxylic acids is 2. The maximum atomic E-state index is 12.2. The number of nitrogens with one attached hydrogen (secondary N) is 1. The lowest BCUT2D eigenvalue weighted by Crippen LogP contribution is -2.32. The molecule has 1 heterocycles. The van der Waals surface area contributed by atoms with Gasteiger partial charge in [-0.25, -0.2) is 9.78 Å². The highest BCUT2D eigenvalue weighted by Gasteiger charge is 2.25. The molecule has 0 spiro atoms. The summed E-state index contributed by atoms with van der Waals surface area (Å²) in [6.07, 6.45) is -0.493. The Labute approximate surface area is 163 Å². The van der Waals surface area contributed by atoms with Crippen molar-refractivity contribution in [3.63, 3.8) is 0 Å². The highest BCUT2D eigenvalue weighted by Crippen LogP contribution is 2.28. The van der Waals surface area contributed by atoms with Crippen LogP contribution in [0, 0.1) is 5.92 Å². The number of benzene rings is 1. The van der Waals surface area contributed by atoms with Crippen LogP contribution in [0.1, 0.15) is 55.9 Å². The third-order valence-corrected chi connectivity index (χ3v) is 4.99. The van der Waals surface area contributed by atoms with Crippen molar-refractivity contribution in [2.24, 2.45) is 5.92 Å². The second-order valence-corrected chi connectivity index (χ2v) is 7.40. The topological polar surface area (TPSA) is 77.5 Å². The van der Waals surface area contributed by atoms with Gasteiger partial charge in [0.2, 0.25) is 0 Å². The van der Waals surface area contributed by atoms with E-state index in [2.05, 4.69) is 10.3 Å². The van der Waals surface area contributed by atoms with Crippen LogP contribution in [-0.2, 0) is 20.9 Å². The number of esters is 1. The molecular formula is C20H26N2O4S. The van der Waals surface area contributed by atoms with Gasteiger partial charge in [0.05, 0.1) is 24.3 Å². The molecule has 146 valence electrons. The molecule has 0 aliphatic rings. The molecule has 7 heteroatoms. The summed E-state index contributed by atoms with van der Waals surface area (Å²) in [6.45, 7) is 8.08. The fourth-order valence-electron chi connectivity index (χ4n) is 2.44. The summed E-state index contributed by atoms with van der Waals surface area (Å²) in [4.78, 5) is 28.7. The van der Waals surface area contributed by atoms with Crippen LogP contribution in [0.2, 0.25) is 0 Å². The van der Waals surface area contributed by atoms with E-state index < -0.39 is 12.0 Å². The SMILES string of the molecule is CCOC(=O)C(C)c1csc([C@@H](NC(=O)OCc2ccccc2)C(C)C)n1. The predicted octanol–water partition coefficient (Wildman–Crippen LogP) is 4.43. The standard InChI is InChI=1S/C20H26N2O4S/c1-5-25-19(23)14(4)16-12-27-18(21-16)17(13(2)3)22-20(24)26-11-15-9-7-6-8-10-15/h6-10,12-14,17H,5,11H2,1-4H3,(H,22,24)/t14?,17-/m0/s1. The van der Waals surface area contributed by atoms with E-state index >= 15 is 0 Å². The number of nitrogens with zero attached hydrogens (tertiary/aromatic N) is 1. The first-order valence-corrected chi connectivity index (χ1v) is 9.89. The average Bonchev–Trinajstić information content (AvgIpc) is 3.14. The number of hydrogen-bond acceptors (Lipinski definition) is 6. The monoisotopic (exact) mass is 390 g/mol. The number of alkyl carbamates (subject to hydrolysis) is 1. The predicted molar refractivity (Wildman–Crippen MR) is 105 cm³/mol. The van der Waals surface area contributed by atoms with E-state index in [1.807, 2.05) is 49.6 Å². The second kappa shape index (κ2) is 10.1. The zero-order valence-corrected chi connectivity index (χ0v) is 16.9. The summed E-state index contributed by atoms with van der Waals surface area (Å²) >= 11 is 1.42. The first kappa shape index (κ1) is 20.9. The molecule has 1 aromatic heterocycles. The van der Waals surface area contributed by atoms with Crippen molar-refractivity contribution in [2.75, 3.05) is 6.61 Å². The van der Waals surface area contributed by atoms with Crippen molar-refractivity contribution >= 4 is 23.4 Å².